The van der Waals surface area contributed by atoms with Crippen LogP contribution in [0.3, 0.4) is 0 Å². The van der Waals surface area contributed by atoms with Gasteiger partial charge in [0.1, 0.15) is 35.3 Å². The highest BCUT2D eigenvalue weighted by molar-refractivity contribution is 8.14. The fraction of sp³-hybridized carbons (Fsp3) is 0.400. The summed E-state index contributed by atoms with van der Waals surface area (Å²) in [6, 6.07) is -1.09. The first kappa shape index (κ1) is 28.3. The van der Waals surface area contributed by atoms with Gasteiger partial charge in [0.25, 0.3) is 11.8 Å². The predicted octanol–water partition coefficient (Wildman–Crippen LogP) is -1.32. The minimum absolute atomic E-state index is 0.0133. The highest BCUT2D eigenvalue weighted by Gasteiger charge is 2.54. The predicted molar refractivity (Wildman–Crippen MR) is 141 cm³/mol. The summed E-state index contributed by atoms with van der Waals surface area (Å²) < 4.78 is 0.442. The molecule has 2 aromatic heterocycles. The molecule has 0 bridgehead atoms. The molecule has 18 nitrogen and oxygen atoms in total. The monoisotopic (exact) mass is 624 g/mol. The molecular weight excluding hydrogens is 604 g/mol. The SMILES string of the molecule is CON=C(C(=O)N[C@@H]1C(=O)N2C(C(=O)O)=C(CSC3=Nn4nnnc4C(C)(C(=O)O)C3)CS[C@@H]12)c1csc(=N)n1O. The van der Waals surface area contributed by atoms with E-state index in [-0.39, 0.29) is 45.7 Å². The summed E-state index contributed by atoms with van der Waals surface area (Å²) in [7, 11) is 1.18. The largest absolute Gasteiger partial charge is 0.480 e. The molecule has 0 aliphatic carbocycles. The summed E-state index contributed by atoms with van der Waals surface area (Å²) in [5.74, 6) is -3.64. The van der Waals surface area contributed by atoms with Crippen LogP contribution >= 0.6 is 34.9 Å². The van der Waals surface area contributed by atoms with Crippen molar-refractivity contribution < 1.29 is 39.4 Å². The number of carbonyl (C=O) groups is 4. The van der Waals surface area contributed by atoms with Crippen molar-refractivity contribution in [2.24, 2.45) is 10.3 Å². The summed E-state index contributed by atoms with van der Waals surface area (Å²) in [6.07, 6.45) is -0.0133. The van der Waals surface area contributed by atoms with Crippen molar-refractivity contribution in [2.45, 2.75) is 30.2 Å². The van der Waals surface area contributed by atoms with Crippen molar-refractivity contribution in [1.82, 2.24) is 35.3 Å². The van der Waals surface area contributed by atoms with Crippen molar-refractivity contribution in [3.63, 3.8) is 0 Å². The number of hydrogen-bond acceptors (Lipinski definition) is 15. The van der Waals surface area contributed by atoms with E-state index >= 15 is 0 Å². The molecule has 2 amide bonds. The van der Waals surface area contributed by atoms with E-state index in [9.17, 15) is 34.6 Å². The number of rotatable bonds is 8. The van der Waals surface area contributed by atoms with Crippen LogP contribution in [0.15, 0.2) is 26.9 Å². The van der Waals surface area contributed by atoms with E-state index in [2.05, 4.69) is 31.1 Å². The van der Waals surface area contributed by atoms with Crippen LogP contribution in [0.1, 0.15) is 24.9 Å². The van der Waals surface area contributed by atoms with Crippen molar-refractivity contribution in [1.29, 1.82) is 5.41 Å². The Morgan fingerprint density at radius 1 is 1.37 bits per heavy atom. The molecule has 3 aliphatic heterocycles. The summed E-state index contributed by atoms with van der Waals surface area (Å²) in [5, 5.41) is 59.7. The van der Waals surface area contributed by atoms with Gasteiger partial charge in [0.15, 0.2) is 11.5 Å². The second kappa shape index (κ2) is 10.6. The van der Waals surface area contributed by atoms with Crippen LogP contribution in [0.4, 0.5) is 0 Å². The first-order valence-electron chi connectivity index (χ1n) is 11.5. The molecule has 21 heteroatoms. The third-order valence-corrected chi connectivity index (χ3v) is 9.55. The Bertz CT molecular complexity index is 1630. The number of amides is 2. The molecule has 5 heterocycles. The van der Waals surface area contributed by atoms with E-state index in [1.807, 2.05) is 0 Å². The molecular formula is C20H20N10O8S3. The normalized spacial score (nSPS) is 23.8. The number of aliphatic carboxylic acids is 2. The number of nitrogens with zero attached hydrogens (tertiary/aromatic N) is 8. The highest BCUT2D eigenvalue weighted by atomic mass is 32.2. The molecule has 3 atom stereocenters. The Morgan fingerprint density at radius 2 is 2.12 bits per heavy atom. The van der Waals surface area contributed by atoms with E-state index < -0.39 is 40.6 Å². The summed E-state index contributed by atoms with van der Waals surface area (Å²) >= 11 is 3.20. The summed E-state index contributed by atoms with van der Waals surface area (Å²) in [4.78, 5) is 56.8. The number of fused-ring (bicyclic) bond motifs is 2. The van der Waals surface area contributed by atoms with E-state index in [0.717, 1.165) is 32.8 Å². The first-order chi connectivity index (χ1) is 19.5. The zero-order valence-corrected chi connectivity index (χ0v) is 23.5. The number of carboxylic acid groups (broad SMARTS) is 2. The highest BCUT2D eigenvalue weighted by Crippen LogP contribution is 2.42. The first-order valence-corrected chi connectivity index (χ1v) is 14.4. The van der Waals surface area contributed by atoms with Gasteiger partial charge in [-0.1, -0.05) is 5.16 Å². The van der Waals surface area contributed by atoms with Crippen molar-refractivity contribution in [2.75, 3.05) is 18.6 Å². The number of carbonyl (C=O) groups excluding carboxylic acids is 2. The van der Waals surface area contributed by atoms with E-state index in [4.69, 9.17) is 10.2 Å². The smallest absolute Gasteiger partial charge is 0.352 e. The summed E-state index contributed by atoms with van der Waals surface area (Å²) in [5.41, 5.74) is -1.76. The fourth-order valence-electron chi connectivity index (χ4n) is 4.30. The van der Waals surface area contributed by atoms with Gasteiger partial charge in [-0.05, 0) is 22.9 Å². The van der Waals surface area contributed by atoms with Gasteiger partial charge in [0.05, 0.1) is 5.04 Å². The van der Waals surface area contributed by atoms with E-state index in [0.29, 0.717) is 15.3 Å². The molecule has 1 fully saturated rings. The molecule has 0 aromatic carbocycles. The maximum absolute atomic E-state index is 13.1. The quantitative estimate of drug-likeness (QED) is 0.0991. The van der Waals surface area contributed by atoms with Gasteiger partial charge in [0.2, 0.25) is 4.80 Å². The van der Waals surface area contributed by atoms with Gasteiger partial charge in [-0.2, -0.15) is 4.73 Å². The Labute approximate surface area is 241 Å². The molecule has 216 valence electrons. The van der Waals surface area contributed by atoms with Gasteiger partial charge < -0.3 is 25.6 Å². The maximum atomic E-state index is 13.1. The number of β-lactam (4-membered cyclic amide) rings is 1. The zero-order valence-electron chi connectivity index (χ0n) is 21.0. The van der Waals surface area contributed by atoms with Gasteiger partial charge in [0, 0.05) is 23.3 Å². The minimum Gasteiger partial charge on any atom is -0.480 e. The lowest BCUT2D eigenvalue weighted by Gasteiger charge is -2.49. The van der Waals surface area contributed by atoms with Crippen LogP contribution in [0.25, 0.3) is 0 Å². The van der Waals surface area contributed by atoms with Crippen LogP contribution in [-0.4, -0.2) is 110 Å². The molecule has 0 radical (unpaired) electrons. The molecule has 41 heavy (non-hydrogen) atoms. The Hall–Kier alpha value is -4.24. The molecule has 1 unspecified atom stereocenters. The number of carboxylic acids is 2. The maximum Gasteiger partial charge on any atom is 0.352 e. The molecule has 2 aromatic rings. The number of thioether (sulfide) groups is 2. The summed E-state index contributed by atoms with van der Waals surface area (Å²) in [6.45, 7) is 1.47. The average molecular weight is 625 g/mol. The second-order valence-electron chi connectivity index (χ2n) is 8.97. The number of aromatic nitrogens is 5. The second-order valence-corrected chi connectivity index (χ2v) is 12.0. The van der Waals surface area contributed by atoms with Crippen molar-refractivity contribution in [3.05, 3.63) is 33.0 Å². The minimum atomic E-state index is -1.44. The Balaban J connectivity index is 1.32. The molecule has 0 saturated carbocycles. The van der Waals surface area contributed by atoms with Gasteiger partial charge >= 0.3 is 11.9 Å². The van der Waals surface area contributed by atoms with Crippen molar-refractivity contribution >= 4 is 69.4 Å². The Kier molecular flexibility index (Phi) is 7.33. The van der Waals surface area contributed by atoms with Crippen LogP contribution in [0, 0.1) is 5.41 Å². The van der Waals surface area contributed by atoms with Gasteiger partial charge in [-0.3, -0.25) is 24.7 Å². The lowest BCUT2D eigenvalue weighted by Crippen LogP contribution is -2.71. The number of hydrogen-bond donors (Lipinski definition) is 5. The third-order valence-electron chi connectivity index (χ3n) is 6.42. The van der Waals surface area contributed by atoms with Gasteiger partial charge in [-0.25, -0.2) is 4.79 Å². The standard InChI is InChI=1S/C20H20N10O8S3/c1-20(18(35)36)3-9(24-30-17(20)23-26-27-30)39-4-7-5-40-15-11(14(32)28(15)12(7)16(33)34)22-13(31)10(25-38-2)8-6-41-19(21)29(8)37/h6,11,15,21,37H,3-5H2,1-2H3,(H,22,31)(H,33,34)(H,35,36)/t11-,15+,20?/m1/s1. The molecule has 1 saturated heterocycles. The number of thiazole rings is 1. The molecule has 0 spiro atoms. The third kappa shape index (κ3) is 4.74. The van der Waals surface area contributed by atoms with Crippen molar-refractivity contribution in [3.8, 4) is 0 Å². The zero-order chi connectivity index (χ0) is 29.6. The van der Waals surface area contributed by atoms with Gasteiger partial charge in [-0.15, -0.1) is 49.9 Å². The number of oxime groups is 1. The average Bonchev–Trinajstić information content (AvgIpc) is 3.55. The Morgan fingerprint density at radius 3 is 2.76 bits per heavy atom. The number of tetrazole rings is 1. The molecule has 3 aliphatic rings. The van der Waals surface area contributed by atoms with Crippen LogP contribution in [0.2, 0.25) is 0 Å². The van der Waals surface area contributed by atoms with E-state index in [1.165, 1.54) is 31.2 Å². The van der Waals surface area contributed by atoms with E-state index in [1.54, 1.807) is 0 Å². The molecule has 5 rings (SSSR count). The van der Waals surface area contributed by atoms with Crippen LogP contribution in [-0.2, 0) is 29.4 Å². The van der Waals surface area contributed by atoms with Crippen LogP contribution < -0.4 is 10.1 Å². The van der Waals surface area contributed by atoms with Crippen LogP contribution in [0.5, 0.6) is 0 Å². The molecule has 5 N–H and O–H groups in total. The lowest BCUT2D eigenvalue weighted by molar-refractivity contribution is -0.150. The number of nitrogens with one attached hydrogen (secondary N) is 2. The fourth-order valence-corrected chi connectivity index (χ4v) is 7.52. The lowest BCUT2D eigenvalue weighted by atomic mass is 9.86. The topological polar surface area (TPSA) is 251 Å².